The van der Waals surface area contributed by atoms with Crippen LogP contribution in [0.4, 0.5) is 0 Å². The Balaban J connectivity index is 1.19. The van der Waals surface area contributed by atoms with Crippen molar-refractivity contribution in [3.8, 4) is 0 Å². The van der Waals surface area contributed by atoms with Gasteiger partial charge in [0.1, 0.15) is 0 Å². The number of rotatable bonds is 38. The van der Waals surface area contributed by atoms with Gasteiger partial charge in [0.05, 0.1) is 11.1 Å². The van der Waals surface area contributed by atoms with E-state index in [9.17, 15) is 19.8 Å². The van der Waals surface area contributed by atoms with Crippen LogP contribution in [0, 0.1) is 11.8 Å². The summed E-state index contributed by atoms with van der Waals surface area (Å²) in [6.45, 7) is 9.38. The molecule has 0 fully saturated rings. The highest BCUT2D eigenvalue weighted by atomic mass is 16.4. The molecule has 428 valence electrons. The van der Waals surface area contributed by atoms with Crippen LogP contribution in [0.5, 0.6) is 0 Å². The van der Waals surface area contributed by atoms with Crippen LogP contribution in [0.25, 0.3) is 86.2 Å². The number of benzene rings is 7. The maximum atomic E-state index is 15.3. The molecule has 0 aliphatic heterocycles. The third-order valence-corrected chi connectivity index (χ3v) is 18.7. The third kappa shape index (κ3) is 12.0. The maximum absolute atomic E-state index is 15.3. The van der Waals surface area contributed by atoms with Crippen LogP contribution in [0.3, 0.4) is 0 Å². The van der Waals surface area contributed by atoms with E-state index in [1.54, 1.807) is 36.4 Å². The Bertz CT molecular complexity index is 3510. The van der Waals surface area contributed by atoms with E-state index >= 15 is 19.2 Å². The van der Waals surface area contributed by atoms with E-state index in [4.69, 9.17) is 0 Å². The average Bonchev–Trinajstić information content (AvgIpc) is 3.57. The summed E-state index contributed by atoms with van der Waals surface area (Å²) in [6, 6.07) is 9.94. The smallest absolute Gasteiger partial charge is 0.336 e. The second-order valence-electron chi connectivity index (χ2n) is 24.5. The zero-order valence-corrected chi connectivity index (χ0v) is 48.9. The first-order valence-electron chi connectivity index (χ1n) is 31.9. The lowest BCUT2D eigenvalue weighted by Gasteiger charge is -2.25. The van der Waals surface area contributed by atoms with Gasteiger partial charge in [0.15, 0.2) is 0 Å². The number of hydrogen-bond acceptors (Lipinski definition) is 6. The largest absolute Gasteiger partial charge is 0.478 e. The zero-order chi connectivity index (χ0) is 56.5. The highest BCUT2D eigenvalue weighted by molar-refractivity contribution is 6.51. The normalized spacial score (nSPS) is 13.2. The molecule has 10 nitrogen and oxygen atoms in total. The first kappa shape index (κ1) is 58.7. The van der Waals surface area contributed by atoms with Crippen molar-refractivity contribution < 1.29 is 19.8 Å². The molecule has 0 saturated heterocycles. The van der Waals surface area contributed by atoms with Gasteiger partial charge in [-0.2, -0.15) is 0 Å². The Kier molecular flexibility index (Phi) is 20.0. The summed E-state index contributed by atoms with van der Waals surface area (Å²) in [4.78, 5) is 88.3. The SMILES string of the molecule is CCCCCCCCCCC(CCCCCCCC)Cn1c(=O)c2cc3cc(C(=O)O)c4cc5c(=O)n(CC(CCCCCCCC)CCCCCCCCCC)c(=O)c6cc7cc(C(=O)O)c8cc(c1=O)c2c1c3c4c(c65)c7c81. The van der Waals surface area contributed by atoms with Crippen molar-refractivity contribution in [1.82, 2.24) is 9.13 Å². The molecule has 2 unspecified atom stereocenters. The van der Waals surface area contributed by atoms with Crippen LogP contribution in [0.1, 0.15) is 254 Å². The van der Waals surface area contributed by atoms with Gasteiger partial charge in [-0.1, -0.05) is 207 Å². The Morgan fingerprint density at radius 1 is 0.325 bits per heavy atom. The average molecular weight is 1090 g/mol. The van der Waals surface area contributed by atoms with Crippen molar-refractivity contribution in [3.63, 3.8) is 0 Å². The minimum Gasteiger partial charge on any atom is -0.478 e. The quantitative estimate of drug-likeness (QED) is 0.0220. The van der Waals surface area contributed by atoms with E-state index in [0.717, 1.165) is 89.9 Å². The molecule has 2 atom stereocenters. The molecule has 0 amide bonds. The summed E-state index contributed by atoms with van der Waals surface area (Å²) < 4.78 is 2.78. The van der Waals surface area contributed by atoms with Gasteiger partial charge in [0.2, 0.25) is 0 Å². The van der Waals surface area contributed by atoms with Gasteiger partial charge >= 0.3 is 11.9 Å². The van der Waals surface area contributed by atoms with Gasteiger partial charge in [-0.15, -0.1) is 0 Å². The van der Waals surface area contributed by atoms with Crippen LogP contribution in [-0.4, -0.2) is 31.3 Å². The number of carbonyl (C=O) groups is 2. The maximum Gasteiger partial charge on any atom is 0.336 e. The number of aromatic nitrogens is 2. The van der Waals surface area contributed by atoms with Crippen LogP contribution in [0.2, 0.25) is 0 Å². The Morgan fingerprint density at radius 2 is 0.588 bits per heavy atom. The number of nitrogens with zero attached hydrogens (tertiary/aromatic N) is 2. The van der Waals surface area contributed by atoms with E-state index in [2.05, 4.69) is 27.7 Å². The van der Waals surface area contributed by atoms with Gasteiger partial charge < -0.3 is 10.2 Å². The highest BCUT2D eigenvalue weighted by Crippen LogP contribution is 2.52. The molecule has 7 aromatic carbocycles. The van der Waals surface area contributed by atoms with Gasteiger partial charge in [0.25, 0.3) is 22.2 Å². The molecule has 10 heteroatoms. The molecule has 80 heavy (non-hydrogen) atoms. The molecule has 0 aliphatic rings. The van der Waals surface area contributed by atoms with Gasteiger partial charge in [-0.05, 0) is 117 Å². The summed E-state index contributed by atoms with van der Waals surface area (Å²) >= 11 is 0. The number of pyridine rings is 2. The van der Waals surface area contributed by atoms with E-state index in [1.807, 2.05) is 0 Å². The number of carboxylic acid groups (broad SMARTS) is 2. The standard InChI is InChI=1S/C70H90N2O8/c1-5-9-13-17-21-23-27-31-35-45(33-29-25-19-15-11-7-3)43-71-65(73)53-39-47-37-52(70(79)80)50-42-56-60-54(66(74)72(68(56)76)44-46(34-30-26-20-16-12-8-4)36-32-28-24-22-18-14-10-6-2)40-48-38-51(69(77)78)49-41-55(67(71)75)59(53)63-57(47)62(50)64(60)58(48)61(49)63/h37-42,45-46H,5-36,43-44H2,1-4H3,(H,77,78)(H,79,80). The molecule has 0 aliphatic carbocycles. The molecule has 0 bridgehead atoms. The molecule has 9 aromatic rings. The fourth-order valence-electron chi connectivity index (χ4n) is 14.3. The first-order chi connectivity index (χ1) is 38.9. The van der Waals surface area contributed by atoms with Crippen LogP contribution in [0.15, 0.2) is 55.6 Å². The van der Waals surface area contributed by atoms with Crippen LogP contribution < -0.4 is 22.2 Å². The Morgan fingerprint density at radius 3 is 0.863 bits per heavy atom. The molecule has 0 radical (unpaired) electrons. The van der Waals surface area contributed by atoms with Gasteiger partial charge in [0, 0.05) is 56.2 Å². The van der Waals surface area contributed by atoms with Crippen molar-refractivity contribution in [2.45, 2.75) is 246 Å². The Labute approximate surface area is 472 Å². The molecule has 2 aromatic heterocycles. The van der Waals surface area contributed by atoms with E-state index < -0.39 is 34.2 Å². The lowest BCUT2D eigenvalue weighted by atomic mass is 9.78. The highest BCUT2D eigenvalue weighted by Gasteiger charge is 2.32. The number of aromatic carboxylic acids is 2. The fourth-order valence-corrected chi connectivity index (χ4v) is 14.3. The third-order valence-electron chi connectivity index (χ3n) is 18.7. The molecule has 2 N–H and O–H groups in total. The lowest BCUT2D eigenvalue weighted by molar-refractivity contribution is 0.0688. The zero-order valence-electron chi connectivity index (χ0n) is 48.9. The van der Waals surface area contributed by atoms with Crippen molar-refractivity contribution in [3.05, 3.63) is 88.9 Å². The van der Waals surface area contributed by atoms with E-state index in [1.165, 1.54) is 125 Å². The number of carboxylic acids is 2. The molecule has 2 heterocycles. The summed E-state index contributed by atoms with van der Waals surface area (Å²) in [5, 5.41) is 29.1. The topological polar surface area (TPSA) is 153 Å². The summed E-state index contributed by atoms with van der Waals surface area (Å²) in [5.74, 6) is -2.22. The second kappa shape index (κ2) is 27.2. The summed E-state index contributed by atoms with van der Waals surface area (Å²) in [5.41, 5.74) is -1.85. The fraction of sp³-hybridized carbons (Fsp3) is 0.571. The number of hydrogen-bond donors (Lipinski definition) is 2. The molecule has 0 spiro atoms. The molecule has 0 saturated carbocycles. The monoisotopic (exact) mass is 1090 g/mol. The van der Waals surface area contributed by atoms with Crippen molar-refractivity contribution in [2.75, 3.05) is 0 Å². The van der Waals surface area contributed by atoms with E-state index in [0.29, 0.717) is 64.6 Å². The van der Waals surface area contributed by atoms with Gasteiger partial charge in [-0.25, -0.2) is 9.59 Å². The molecule has 9 rings (SSSR count). The van der Waals surface area contributed by atoms with Crippen LogP contribution >= 0.6 is 0 Å². The van der Waals surface area contributed by atoms with Crippen LogP contribution in [-0.2, 0) is 13.1 Å². The minimum atomic E-state index is -1.20. The predicted molar refractivity (Wildman–Crippen MR) is 335 cm³/mol. The Hall–Kier alpha value is -5.90. The lowest BCUT2D eigenvalue weighted by Crippen LogP contribution is -2.36. The molecular weight excluding hydrogens is 997 g/mol. The van der Waals surface area contributed by atoms with Crippen molar-refractivity contribution in [2.24, 2.45) is 11.8 Å². The van der Waals surface area contributed by atoms with Crippen molar-refractivity contribution >= 4 is 98.1 Å². The summed E-state index contributed by atoms with van der Waals surface area (Å²) in [6.07, 6.45) is 36.2. The second-order valence-corrected chi connectivity index (χ2v) is 24.5. The predicted octanol–water partition coefficient (Wildman–Crippen LogP) is 18.3. The van der Waals surface area contributed by atoms with Crippen molar-refractivity contribution in [1.29, 1.82) is 0 Å². The number of unbranched alkanes of at least 4 members (excludes halogenated alkanes) is 24. The van der Waals surface area contributed by atoms with Gasteiger partial charge in [-0.3, -0.25) is 28.3 Å². The van der Waals surface area contributed by atoms with E-state index in [-0.39, 0.29) is 57.6 Å². The first-order valence-corrected chi connectivity index (χ1v) is 31.9. The minimum absolute atomic E-state index is 0.0405. The molecular formula is C70H90N2O8. The summed E-state index contributed by atoms with van der Waals surface area (Å²) in [7, 11) is 0.